The minimum Gasteiger partial charge on any atom is -0.481 e. The molecule has 1 N–H and O–H groups in total. The molecular weight excluding hydrogens is 338 g/mol. The standard InChI is InChI=1S/C23H21NO3/c1-16(25)20-9-6-10-21(15-20)24-23(26)17(2)27-22-13-11-19(12-14-22)18-7-4-3-5-8-18/h3-15,17H,1-2H3,(H,24,26)/t17-/m0/s1. The second kappa shape index (κ2) is 8.32. The maximum atomic E-state index is 12.4. The number of amides is 1. The van der Waals surface area contributed by atoms with Crippen LogP contribution in [0.1, 0.15) is 24.2 Å². The molecule has 0 aromatic heterocycles. The number of hydrogen-bond donors (Lipinski definition) is 1. The number of ether oxygens (including phenoxy) is 1. The van der Waals surface area contributed by atoms with Gasteiger partial charge in [0.2, 0.25) is 0 Å². The molecule has 0 radical (unpaired) electrons. The first-order valence-corrected chi connectivity index (χ1v) is 8.77. The van der Waals surface area contributed by atoms with Crippen molar-refractivity contribution in [2.45, 2.75) is 20.0 Å². The molecule has 0 spiro atoms. The topological polar surface area (TPSA) is 55.4 Å². The lowest BCUT2D eigenvalue weighted by Gasteiger charge is -2.15. The Morgan fingerprint density at radius 2 is 1.52 bits per heavy atom. The number of Topliss-reactive ketones (excluding diaryl/α,β-unsaturated/α-hetero) is 1. The van der Waals surface area contributed by atoms with Crippen LogP contribution in [0.25, 0.3) is 11.1 Å². The summed E-state index contributed by atoms with van der Waals surface area (Å²) in [5, 5.41) is 2.78. The molecule has 27 heavy (non-hydrogen) atoms. The van der Waals surface area contributed by atoms with Crippen molar-refractivity contribution in [2.24, 2.45) is 0 Å². The summed E-state index contributed by atoms with van der Waals surface area (Å²) in [7, 11) is 0. The Kier molecular flexibility index (Phi) is 5.67. The monoisotopic (exact) mass is 359 g/mol. The number of hydrogen-bond acceptors (Lipinski definition) is 3. The molecule has 3 aromatic rings. The van der Waals surface area contributed by atoms with Crippen LogP contribution in [0.2, 0.25) is 0 Å². The number of anilines is 1. The van der Waals surface area contributed by atoms with E-state index in [1.54, 1.807) is 31.2 Å². The summed E-state index contributed by atoms with van der Waals surface area (Å²) in [5.41, 5.74) is 3.33. The Bertz CT molecular complexity index is 933. The van der Waals surface area contributed by atoms with Crippen LogP contribution in [-0.2, 0) is 4.79 Å². The molecule has 4 nitrogen and oxygen atoms in total. The third-order valence-corrected chi connectivity index (χ3v) is 4.18. The highest BCUT2D eigenvalue weighted by atomic mass is 16.5. The van der Waals surface area contributed by atoms with Gasteiger partial charge in [-0.1, -0.05) is 54.6 Å². The first kappa shape index (κ1) is 18.4. The van der Waals surface area contributed by atoms with Crippen molar-refractivity contribution in [2.75, 3.05) is 5.32 Å². The Morgan fingerprint density at radius 1 is 0.852 bits per heavy atom. The zero-order chi connectivity index (χ0) is 19.2. The van der Waals surface area contributed by atoms with E-state index in [1.165, 1.54) is 6.92 Å². The molecule has 0 saturated carbocycles. The molecule has 0 heterocycles. The van der Waals surface area contributed by atoms with Crippen molar-refractivity contribution >= 4 is 17.4 Å². The average molecular weight is 359 g/mol. The van der Waals surface area contributed by atoms with Crippen molar-refractivity contribution in [3.8, 4) is 16.9 Å². The third-order valence-electron chi connectivity index (χ3n) is 4.18. The van der Waals surface area contributed by atoms with Crippen molar-refractivity contribution in [3.63, 3.8) is 0 Å². The van der Waals surface area contributed by atoms with Crippen LogP contribution in [-0.4, -0.2) is 17.8 Å². The van der Waals surface area contributed by atoms with E-state index in [0.717, 1.165) is 11.1 Å². The number of carbonyl (C=O) groups is 2. The van der Waals surface area contributed by atoms with Gasteiger partial charge in [0.25, 0.3) is 5.91 Å². The zero-order valence-electron chi connectivity index (χ0n) is 15.3. The highest BCUT2D eigenvalue weighted by Crippen LogP contribution is 2.23. The Labute approximate surface area is 158 Å². The second-order valence-corrected chi connectivity index (χ2v) is 6.28. The van der Waals surface area contributed by atoms with E-state index in [0.29, 0.717) is 17.0 Å². The average Bonchev–Trinajstić information content (AvgIpc) is 2.69. The van der Waals surface area contributed by atoms with Crippen molar-refractivity contribution in [1.82, 2.24) is 0 Å². The quantitative estimate of drug-likeness (QED) is 0.633. The van der Waals surface area contributed by atoms with Gasteiger partial charge in [0.15, 0.2) is 11.9 Å². The summed E-state index contributed by atoms with van der Waals surface area (Å²) >= 11 is 0. The van der Waals surface area contributed by atoms with Crippen LogP contribution in [0.4, 0.5) is 5.69 Å². The van der Waals surface area contributed by atoms with E-state index in [9.17, 15) is 9.59 Å². The van der Waals surface area contributed by atoms with Crippen molar-refractivity contribution < 1.29 is 14.3 Å². The zero-order valence-corrected chi connectivity index (χ0v) is 15.3. The molecule has 0 unspecified atom stereocenters. The molecule has 1 atom stereocenters. The molecular formula is C23H21NO3. The molecule has 4 heteroatoms. The van der Waals surface area contributed by atoms with Gasteiger partial charge in [0, 0.05) is 11.3 Å². The molecule has 136 valence electrons. The van der Waals surface area contributed by atoms with Crippen LogP contribution in [0, 0.1) is 0 Å². The number of carbonyl (C=O) groups excluding carboxylic acids is 2. The van der Waals surface area contributed by atoms with Crippen LogP contribution < -0.4 is 10.1 Å². The molecule has 0 fully saturated rings. The van der Waals surface area contributed by atoms with Crippen molar-refractivity contribution in [1.29, 1.82) is 0 Å². The van der Waals surface area contributed by atoms with Gasteiger partial charge in [-0.2, -0.15) is 0 Å². The maximum Gasteiger partial charge on any atom is 0.265 e. The summed E-state index contributed by atoms with van der Waals surface area (Å²) < 4.78 is 5.74. The van der Waals surface area contributed by atoms with E-state index in [2.05, 4.69) is 5.32 Å². The number of nitrogens with one attached hydrogen (secondary N) is 1. The first-order valence-electron chi connectivity index (χ1n) is 8.77. The fourth-order valence-corrected chi connectivity index (χ4v) is 2.67. The smallest absolute Gasteiger partial charge is 0.265 e. The van der Waals surface area contributed by atoms with E-state index in [4.69, 9.17) is 4.74 Å². The number of ketones is 1. The van der Waals surface area contributed by atoms with Gasteiger partial charge in [-0.15, -0.1) is 0 Å². The van der Waals surface area contributed by atoms with Crippen LogP contribution in [0.5, 0.6) is 5.75 Å². The number of rotatable bonds is 6. The lowest BCUT2D eigenvalue weighted by Crippen LogP contribution is -2.30. The van der Waals surface area contributed by atoms with E-state index < -0.39 is 6.10 Å². The summed E-state index contributed by atoms with van der Waals surface area (Å²) in [6, 6.07) is 24.5. The molecule has 3 aromatic carbocycles. The van der Waals surface area contributed by atoms with Gasteiger partial charge in [-0.3, -0.25) is 9.59 Å². The van der Waals surface area contributed by atoms with Gasteiger partial charge >= 0.3 is 0 Å². The molecule has 0 aliphatic carbocycles. The lowest BCUT2D eigenvalue weighted by atomic mass is 10.1. The van der Waals surface area contributed by atoms with E-state index >= 15 is 0 Å². The van der Waals surface area contributed by atoms with Crippen LogP contribution in [0.3, 0.4) is 0 Å². The largest absolute Gasteiger partial charge is 0.481 e. The highest BCUT2D eigenvalue weighted by Gasteiger charge is 2.15. The fourth-order valence-electron chi connectivity index (χ4n) is 2.67. The maximum absolute atomic E-state index is 12.4. The lowest BCUT2D eigenvalue weighted by molar-refractivity contribution is -0.122. The fraction of sp³-hybridized carbons (Fsp3) is 0.130. The second-order valence-electron chi connectivity index (χ2n) is 6.28. The molecule has 0 saturated heterocycles. The molecule has 3 rings (SSSR count). The summed E-state index contributed by atoms with van der Waals surface area (Å²) in [4.78, 5) is 23.8. The normalized spacial score (nSPS) is 11.5. The van der Waals surface area contributed by atoms with E-state index in [-0.39, 0.29) is 11.7 Å². The Balaban J connectivity index is 1.63. The molecule has 0 bridgehead atoms. The number of benzene rings is 3. The predicted molar refractivity (Wildman–Crippen MR) is 107 cm³/mol. The Hall–Kier alpha value is -3.40. The van der Waals surface area contributed by atoms with Gasteiger partial charge in [0.05, 0.1) is 0 Å². The molecule has 0 aliphatic heterocycles. The summed E-state index contributed by atoms with van der Waals surface area (Å²) in [6.45, 7) is 3.18. The highest BCUT2D eigenvalue weighted by molar-refractivity contribution is 5.98. The Morgan fingerprint density at radius 3 is 2.19 bits per heavy atom. The third kappa shape index (κ3) is 4.82. The predicted octanol–water partition coefficient (Wildman–Crippen LogP) is 4.96. The van der Waals surface area contributed by atoms with Crippen LogP contribution in [0.15, 0.2) is 78.9 Å². The van der Waals surface area contributed by atoms with Gasteiger partial charge in [-0.05, 0) is 49.2 Å². The molecule has 0 aliphatic rings. The van der Waals surface area contributed by atoms with Crippen LogP contribution >= 0.6 is 0 Å². The summed E-state index contributed by atoms with van der Waals surface area (Å²) in [6.07, 6.45) is -0.673. The van der Waals surface area contributed by atoms with Gasteiger partial charge < -0.3 is 10.1 Å². The van der Waals surface area contributed by atoms with Gasteiger partial charge in [0.1, 0.15) is 5.75 Å². The first-order chi connectivity index (χ1) is 13.0. The SMILES string of the molecule is CC(=O)c1cccc(NC(=O)[C@H](C)Oc2ccc(-c3ccccc3)cc2)c1. The minimum absolute atomic E-state index is 0.0473. The van der Waals surface area contributed by atoms with E-state index in [1.807, 2.05) is 54.6 Å². The molecule has 1 amide bonds. The van der Waals surface area contributed by atoms with Gasteiger partial charge in [-0.25, -0.2) is 0 Å². The summed E-state index contributed by atoms with van der Waals surface area (Å²) in [5.74, 6) is 0.298. The minimum atomic E-state index is -0.673. The van der Waals surface area contributed by atoms with Crippen molar-refractivity contribution in [3.05, 3.63) is 84.4 Å².